The molecule has 2 rings (SSSR count). The summed E-state index contributed by atoms with van der Waals surface area (Å²) in [5, 5.41) is 6.08. The zero-order valence-electron chi connectivity index (χ0n) is 12.1. The molecule has 2 saturated heterocycles. The summed E-state index contributed by atoms with van der Waals surface area (Å²) in [6, 6.07) is 0.0843. The molecule has 2 heterocycles. The molecular formula is C13H24N4O3. The van der Waals surface area contributed by atoms with Gasteiger partial charge in [0.25, 0.3) is 0 Å². The fourth-order valence-corrected chi connectivity index (χ4v) is 2.71. The van der Waals surface area contributed by atoms with E-state index in [2.05, 4.69) is 20.3 Å². The topological polar surface area (TPSA) is 73.9 Å². The van der Waals surface area contributed by atoms with Crippen LogP contribution < -0.4 is 10.6 Å². The van der Waals surface area contributed by atoms with Crippen molar-refractivity contribution in [1.29, 1.82) is 0 Å². The normalized spacial score (nSPS) is 24.2. The molecule has 0 saturated carbocycles. The Hall–Kier alpha value is -1.34. The number of ether oxygens (including phenoxy) is 1. The van der Waals surface area contributed by atoms with Crippen LogP contribution in [-0.2, 0) is 9.53 Å². The van der Waals surface area contributed by atoms with Crippen molar-refractivity contribution in [1.82, 2.24) is 20.4 Å². The summed E-state index contributed by atoms with van der Waals surface area (Å²) in [7, 11) is 1.36. The number of nitrogens with zero attached hydrogens (tertiary/aromatic N) is 2. The van der Waals surface area contributed by atoms with Gasteiger partial charge in [0.05, 0.1) is 13.7 Å². The second-order valence-corrected chi connectivity index (χ2v) is 5.34. The summed E-state index contributed by atoms with van der Waals surface area (Å²) < 4.78 is 4.59. The van der Waals surface area contributed by atoms with Crippen LogP contribution in [0.4, 0.5) is 4.79 Å². The van der Waals surface area contributed by atoms with Crippen molar-refractivity contribution >= 4 is 12.0 Å². The predicted octanol–water partition coefficient (Wildman–Crippen LogP) is -0.761. The van der Waals surface area contributed by atoms with Crippen molar-refractivity contribution in [2.24, 2.45) is 0 Å². The highest BCUT2D eigenvalue weighted by atomic mass is 16.5. The van der Waals surface area contributed by atoms with Gasteiger partial charge in [0, 0.05) is 38.8 Å². The van der Waals surface area contributed by atoms with Gasteiger partial charge in [0.2, 0.25) is 5.91 Å². The minimum Gasteiger partial charge on any atom is -0.453 e. The van der Waals surface area contributed by atoms with Crippen molar-refractivity contribution in [3.8, 4) is 0 Å². The number of hydrogen-bond donors (Lipinski definition) is 2. The molecule has 20 heavy (non-hydrogen) atoms. The Kier molecular flexibility index (Phi) is 5.60. The van der Waals surface area contributed by atoms with E-state index in [1.165, 1.54) is 7.11 Å². The first-order valence-electron chi connectivity index (χ1n) is 7.24. The zero-order chi connectivity index (χ0) is 14.4. The second kappa shape index (κ2) is 7.44. The molecule has 1 unspecified atom stereocenters. The molecule has 1 atom stereocenters. The third kappa shape index (κ3) is 4.35. The van der Waals surface area contributed by atoms with Crippen LogP contribution in [0.3, 0.4) is 0 Å². The van der Waals surface area contributed by atoms with Gasteiger partial charge in [-0.1, -0.05) is 0 Å². The molecule has 0 spiro atoms. The smallest absolute Gasteiger partial charge is 0.407 e. The molecule has 7 nitrogen and oxygen atoms in total. The van der Waals surface area contributed by atoms with E-state index in [-0.39, 0.29) is 11.9 Å². The van der Waals surface area contributed by atoms with Crippen LogP contribution in [0.15, 0.2) is 0 Å². The summed E-state index contributed by atoms with van der Waals surface area (Å²) in [6.45, 7) is 5.48. The van der Waals surface area contributed by atoms with Crippen LogP contribution in [0.5, 0.6) is 0 Å². The summed E-state index contributed by atoms with van der Waals surface area (Å²) >= 11 is 0. The number of nitrogens with one attached hydrogen (secondary N) is 2. The van der Waals surface area contributed by atoms with Crippen LogP contribution in [0.25, 0.3) is 0 Å². The lowest BCUT2D eigenvalue weighted by Gasteiger charge is -2.23. The van der Waals surface area contributed by atoms with Gasteiger partial charge in [-0.05, 0) is 19.4 Å². The first kappa shape index (κ1) is 15.1. The number of amides is 2. The molecule has 7 heteroatoms. The molecule has 0 aromatic carbocycles. The fourth-order valence-electron chi connectivity index (χ4n) is 2.71. The number of carbonyl (C=O) groups excluding carboxylic acids is 2. The third-order valence-electron chi connectivity index (χ3n) is 3.83. The van der Waals surface area contributed by atoms with Crippen molar-refractivity contribution in [3.05, 3.63) is 0 Å². The number of alkyl carbamates (subject to hydrolysis) is 1. The third-order valence-corrected chi connectivity index (χ3v) is 3.83. The molecule has 0 aliphatic carbocycles. The summed E-state index contributed by atoms with van der Waals surface area (Å²) in [5.41, 5.74) is 0. The lowest BCUT2D eigenvalue weighted by atomic mass is 10.3. The van der Waals surface area contributed by atoms with E-state index in [9.17, 15) is 9.59 Å². The average molecular weight is 284 g/mol. The maximum Gasteiger partial charge on any atom is 0.407 e. The predicted molar refractivity (Wildman–Crippen MR) is 74.5 cm³/mol. The molecule has 0 aromatic rings. The molecule has 0 bridgehead atoms. The monoisotopic (exact) mass is 284 g/mol. The number of rotatable bonds is 3. The summed E-state index contributed by atoms with van der Waals surface area (Å²) in [6.07, 6.45) is 1.48. The van der Waals surface area contributed by atoms with E-state index in [0.717, 1.165) is 45.6 Å². The molecular weight excluding hydrogens is 260 g/mol. The van der Waals surface area contributed by atoms with Crippen LogP contribution in [-0.4, -0.2) is 80.8 Å². The van der Waals surface area contributed by atoms with Gasteiger partial charge < -0.3 is 20.3 Å². The Morgan fingerprint density at radius 2 is 2.15 bits per heavy atom. The Bertz CT molecular complexity index is 343. The quantitative estimate of drug-likeness (QED) is 0.712. The first-order chi connectivity index (χ1) is 9.69. The highest BCUT2D eigenvalue weighted by molar-refractivity contribution is 5.78. The van der Waals surface area contributed by atoms with Gasteiger partial charge >= 0.3 is 6.09 Å². The van der Waals surface area contributed by atoms with Crippen molar-refractivity contribution < 1.29 is 14.3 Å². The highest BCUT2D eigenvalue weighted by Gasteiger charge is 2.27. The molecule has 2 N–H and O–H groups in total. The standard InChI is InChI=1S/C13H24N4O3/c1-20-13(19)15-11-3-7-16(9-11)10-12(18)17-6-2-4-14-5-8-17/h11,14H,2-10H2,1H3,(H,15,19). The first-order valence-corrected chi connectivity index (χ1v) is 7.24. The molecule has 0 aromatic heterocycles. The van der Waals surface area contributed by atoms with Gasteiger partial charge in [-0.15, -0.1) is 0 Å². The average Bonchev–Trinajstić information content (AvgIpc) is 2.71. The lowest BCUT2D eigenvalue weighted by Crippen LogP contribution is -2.42. The van der Waals surface area contributed by atoms with Gasteiger partial charge in [-0.3, -0.25) is 9.69 Å². The fraction of sp³-hybridized carbons (Fsp3) is 0.846. The van der Waals surface area contributed by atoms with Crippen molar-refractivity contribution in [3.63, 3.8) is 0 Å². The van der Waals surface area contributed by atoms with Crippen LogP contribution in [0, 0.1) is 0 Å². The number of methoxy groups -OCH3 is 1. The number of hydrogen-bond acceptors (Lipinski definition) is 5. The Morgan fingerprint density at radius 3 is 2.95 bits per heavy atom. The van der Waals surface area contributed by atoms with Crippen LogP contribution >= 0.6 is 0 Å². The zero-order valence-corrected chi connectivity index (χ0v) is 12.1. The minimum atomic E-state index is -0.401. The number of likely N-dealkylation sites (tertiary alicyclic amines) is 1. The summed E-state index contributed by atoms with van der Waals surface area (Å²) in [4.78, 5) is 27.4. The van der Waals surface area contributed by atoms with Crippen LogP contribution in [0.2, 0.25) is 0 Å². The Labute approximate surface area is 119 Å². The minimum absolute atomic E-state index is 0.0843. The largest absolute Gasteiger partial charge is 0.453 e. The second-order valence-electron chi connectivity index (χ2n) is 5.34. The molecule has 2 aliphatic heterocycles. The van der Waals surface area contributed by atoms with E-state index in [1.54, 1.807) is 0 Å². The van der Waals surface area contributed by atoms with Gasteiger partial charge in [0.15, 0.2) is 0 Å². The molecule has 2 amide bonds. The van der Waals surface area contributed by atoms with E-state index in [1.807, 2.05) is 4.90 Å². The SMILES string of the molecule is COC(=O)NC1CCN(CC(=O)N2CCCNCC2)C1. The van der Waals surface area contributed by atoms with E-state index < -0.39 is 6.09 Å². The van der Waals surface area contributed by atoms with Gasteiger partial charge in [-0.2, -0.15) is 0 Å². The van der Waals surface area contributed by atoms with E-state index in [4.69, 9.17) is 0 Å². The highest BCUT2D eigenvalue weighted by Crippen LogP contribution is 2.10. The maximum atomic E-state index is 12.2. The molecule has 114 valence electrons. The van der Waals surface area contributed by atoms with Crippen molar-refractivity contribution in [2.75, 3.05) is 52.9 Å². The van der Waals surface area contributed by atoms with Crippen LogP contribution in [0.1, 0.15) is 12.8 Å². The van der Waals surface area contributed by atoms with Gasteiger partial charge in [0.1, 0.15) is 0 Å². The molecule has 2 aliphatic rings. The lowest BCUT2D eigenvalue weighted by molar-refractivity contribution is -0.132. The molecule has 2 fully saturated rings. The molecule has 0 radical (unpaired) electrons. The van der Waals surface area contributed by atoms with Crippen molar-refractivity contribution in [2.45, 2.75) is 18.9 Å². The Morgan fingerprint density at radius 1 is 1.30 bits per heavy atom. The van der Waals surface area contributed by atoms with Gasteiger partial charge in [-0.25, -0.2) is 4.79 Å². The van der Waals surface area contributed by atoms with E-state index in [0.29, 0.717) is 13.1 Å². The number of carbonyl (C=O) groups is 2. The van der Waals surface area contributed by atoms with E-state index >= 15 is 0 Å². The Balaban J connectivity index is 1.73. The maximum absolute atomic E-state index is 12.2. The summed E-state index contributed by atoms with van der Waals surface area (Å²) in [5.74, 6) is 0.187.